The predicted octanol–water partition coefficient (Wildman–Crippen LogP) is 2.77. The van der Waals surface area contributed by atoms with E-state index in [1.807, 2.05) is 0 Å². The van der Waals surface area contributed by atoms with E-state index < -0.39 is 16.0 Å². The molecule has 0 heterocycles. The van der Waals surface area contributed by atoms with Gasteiger partial charge in [-0.1, -0.05) is 36.2 Å². The van der Waals surface area contributed by atoms with Crippen LogP contribution in [0, 0.1) is 5.92 Å². The third kappa shape index (κ3) is 4.94. The minimum Gasteiger partial charge on any atom is -0.481 e. The first-order valence-electron chi connectivity index (χ1n) is 5.89. The molecule has 0 aromatic heterocycles. The van der Waals surface area contributed by atoms with E-state index in [1.54, 1.807) is 6.92 Å². The number of carboxylic acids is 1. The summed E-state index contributed by atoms with van der Waals surface area (Å²) >= 11 is 11.6. The van der Waals surface area contributed by atoms with Crippen molar-refractivity contribution in [3.8, 4) is 0 Å². The minimum absolute atomic E-state index is 0.000809. The van der Waals surface area contributed by atoms with Crippen LogP contribution in [-0.4, -0.2) is 26.0 Å². The molecule has 0 amide bonds. The maximum Gasteiger partial charge on any atom is 0.303 e. The number of rotatable bonds is 7. The number of hydrogen-bond donors (Lipinski definition) is 2. The Labute approximate surface area is 127 Å². The van der Waals surface area contributed by atoms with E-state index in [9.17, 15) is 13.2 Å². The molecule has 0 saturated heterocycles. The molecule has 2 N–H and O–H groups in total. The first-order valence-corrected chi connectivity index (χ1v) is 8.13. The summed E-state index contributed by atoms with van der Waals surface area (Å²) in [7, 11) is -3.76. The Morgan fingerprint density at radius 2 is 2.05 bits per heavy atom. The highest BCUT2D eigenvalue weighted by Crippen LogP contribution is 2.28. The normalized spacial score (nSPS) is 13.2. The van der Waals surface area contributed by atoms with Gasteiger partial charge in [-0.2, -0.15) is 0 Å². The van der Waals surface area contributed by atoms with E-state index in [-0.39, 0.29) is 33.8 Å². The van der Waals surface area contributed by atoms with Crippen molar-refractivity contribution in [3.05, 3.63) is 28.2 Å². The molecule has 1 rings (SSSR count). The summed E-state index contributed by atoms with van der Waals surface area (Å²) < 4.78 is 26.6. The number of hydrogen-bond acceptors (Lipinski definition) is 3. The van der Waals surface area contributed by atoms with Crippen LogP contribution < -0.4 is 4.72 Å². The monoisotopic (exact) mass is 339 g/mol. The van der Waals surface area contributed by atoms with Gasteiger partial charge in [-0.05, 0) is 24.5 Å². The molecule has 5 nitrogen and oxygen atoms in total. The summed E-state index contributed by atoms with van der Waals surface area (Å²) in [5, 5.41) is 8.70. The zero-order valence-electron chi connectivity index (χ0n) is 10.8. The maximum absolute atomic E-state index is 12.1. The number of carboxylic acid groups (broad SMARTS) is 1. The second kappa shape index (κ2) is 7.26. The van der Waals surface area contributed by atoms with E-state index in [2.05, 4.69) is 4.72 Å². The first-order chi connectivity index (χ1) is 9.24. The third-order valence-corrected chi connectivity index (χ3v) is 5.08. The van der Waals surface area contributed by atoms with Crippen LogP contribution in [0.2, 0.25) is 10.0 Å². The van der Waals surface area contributed by atoms with Crippen LogP contribution in [0.4, 0.5) is 0 Å². The molecule has 0 radical (unpaired) electrons. The van der Waals surface area contributed by atoms with Crippen molar-refractivity contribution < 1.29 is 18.3 Å². The van der Waals surface area contributed by atoms with Crippen LogP contribution in [0.15, 0.2) is 23.1 Å². The Morgan fingerprint density at radius 1 is 1.40 bits per heavy atom. The topological polar surface area (TPSA) is 83.5 Å². The maximum atomic E-state index is 12.1. The number of benzene rings is 1. The largest absolute Gasteiger partial charge is 0.481 e. The smallest absolute Gasteiger partial charge is 0.303 e. The minimum atomic E-state index is -3.76. The van der Waals surface area contributed by atoms with Gasteiger partial charge in [0, 0.05) is 13.0 Å². The van der Waals surface area contributed by atoms with E-state index in [1.165, 1.54) is 18.2 Å². The van der Waals surface area contributed by atoms with E-state index in [4.69, 9.17) is 28.3 Å². The molecular formula is C12H15Cl2NO4S. The standard InChI is InChI=1S/C12H15Cl2NO4S/c1-8(5-6-11(16)17)7-15-20(18,19)10-4-2-3-9(13)12(10)14/h2-4,8,15H,5-7H2,1H3,(H,16,17). The average Bonchev–Trinajstić information content (AvgIpc) is 2.37. The van der Waals surface area contributed by atoms with Crippen LogP contribution in [0.1, 0.15) is 19.8 Å². The van der Waals surface area contributed by atoms with Gasteiger partial charge in [0.1, 0.15) is 4.90 Å². The second-order valence-electron chi connectivity index (χ2n) is 4.44. The van der Waals surface area contributed by atoms with Gasteiger partial charge in [0.25, 0.3) is 0 Å². The SMILES string of the molecule is CC(CCC(=O)O)CNS(=O)(=O)c1cccc(Cl)c1Cl. The lowest BCUT2D eigenvalue weighted by Crippen LogP contribution is -2.29. The fourth-order valence-corrected chi connectivity index (χ4v) is 3.42. The van der Waals surface area contributed by atoms with Crippen molar-refractivity contribution in [3.63, 3.8) is 0 Å². The summed E-state index contributed by atoms with van der Waals surface area (Å²) in [5.74, 6) is -1.00. The zero-order chi connectivity index (χ0) is 15.3. The molecule has 1 atom stereocenters. The Bertz CT molecular complexity index is 589. The molecule has 112 valence electrons. The van der Waals surface area contributed by atoms with Gasteiger partial charge in [0.2, 0.25) is 10.0 Å². The quantitative estimate of drug-likeness (QED) is 0.799. The molecule has 1 aromatic rings. The molecule has 0 aliphatic carbocycles. The Balaban J connectivity index is 2.71. The Morgan fingerprint density at radius 3 is 2.65 bits per heavy atom. The van der Waals surface area contributed by atoms with Crippen LogP contribution in [-0.2, 0) is 14.8 Å². The summed E-state index contributed by atoms with van der Waals surface area (Å²) in [6.07, 6.45) is 0.391. The fourth-order valence-electron chi connectivity index (χ4n) is 1.49. The molecule has 20 heavy (non-hydrogen) atoms. The van der Waals surface area contributed by atoms with Crippen molar-refractivity contribution >= 4 is 39.2 Å². The molecule has 0 aliphatic heterocycles. The highest BCUT2D eigenvalue weighted by molar-refractivity contribution is 7.89. The van der Waals surface area contributed by atoms with Crippen molar-refractivity contribution in [1.29, 1.82) is 0 Å². The second-order valence-corrected chi connectivity index (χ2v) is 6.96. The Hall–Kier alpha value is -0.820. The Kier molecular flexibility index (Phi) is 6.26. The number of halogens is 2. The van der Waals surface area contributed by atoms with E-state index in [0.29, 0.717) is 6.42 Å². The highest BCUT2D eigenvalue weighted by atomic mass is 35.5. The van der Waals surface area contributed by atoms with Gasteiger partial charge < -0.3 is 5.11 Å². The van der Waals surface area contributed by atoms with Crippen molar-refractivity contribution in [2.45, 2.75) is 24.7 Å². The van der Waals surface area contributed by atoms with Gasteiger partial charge in [0.05, 0.1) is 10.0 Å². The average molecular weight is 340 g/mol. The number of nitrogens with one attached hydrogen (secondary N) is 1. The van der Waals surface area contributed by atoms with E-state index >= 15 is 0 Å². The number of sulfonamides is 1. The van der Waals surface area contributed by atoms with Gasteiger partial charge in [-0.3, -0.25) is 4.79 Å². The lowest BCUT2D eigenvalue weighted by Gasteiger charge is -2.13. The van der Waals surface area contributed by atoms with Crippen LogP contribution in [0.5, 0.6) is 0 Å². The molecule has 8 heteroatoms. The van der Waals surface area contributed by atoms with Gasteiger partial charge in [0.15, 0.2) is 0 Å². The highest BCUT2D eigenvalue weighted by Gasteiger charge is 2.20. The van der Waals surface area contributed by atoms with Crippen molar-refractivity contribution in [1.82, 2.24) is 4.72 Å². The third-order valence-electron chi connectivity index (χ3n) is 2.68. The molecule has 0 bridgehead atoms. The molecule has 0 spiro atoms. The number of carbonyl (C=O) groups is 1. The molecule has 1 unspecified atom stereocenters. The molecule has 0 aliphatic rings. The van der Waals surface area contributed by atoms with Gasteiger partial charge in [-0.25, -0.2) is 13.1 Å². The summed E-state index contributed by atoms with van der Waals surface area (Å²) in [5.41, 5.74) is 0. The van der Waals surface area contributed by atoms with Crippen molar-refractivity contribution in [2.75, 3.05) is 6.54 Å². The molecule has 0 fully saturated rings. The van der Waals surface area contributed by atoms with Gasteiger partial charge >= 0.3 is 5.97 Å². The number of aliphatic carboxylic acids is 1. The summed E-state index contributed by atoms with van der Waals surface area (Å²) in [6.45, 7) is 1.91. The van der Waals surface area contributed by atoms with Crippen LogP contribution >= 0.6 is 23.2 Å². The van der Waals surface area contributed by atoms with Crippen LogP contribution in [0.25, 0.3) is 0 Å². The lowest BCUT2D eigenvalue weighted by molar-refractivity contribution is -0.137. The summed E-state index contributed by atoms with van der Waals surface area (Å²) in [4.78, 5) is 10.4. The molecule has 0 saturated carbocycles. The zero-order valence-corrected chi connectivity index (χ0v) is 13.1. The van der Waals surface area contributed by atoms with Crippen LogP contribution in [0.3, 0.4) is 0 Å². The van der Waals surface area contributed by atoms with Gasteiger partial charge in [-0.15, -0.1) is 0 Å². The molecular weight excluding hydrogens is 325 g/mol. The van der Waals surface area contributed by atoms with E-state index in [0.717, 1.165) is 0 Å². The lowest BCUT2D eigenvalue weighted by atomic mass is 10.1. The molecule has 1 aromatic carbocycles. The summed E-state index contributed by atoms with van der Waals surface area (Å²) in [6, 6.07) is 4.35. The predicted molar refractivity (Wildman–Crippen MR) is 77.7 cm³/mol. The first kappa shape index (κ1) is 17.2. The van der Waals surface area contributed by atoms with Crippen molar-refractivity contribution in [2.24, 2.45) is 5.92 Å². The fraction of sp³-hybridized carbons (Fsp3) is 0.417.